The third-order valence-corrected chi connectivity index (χ3v) is 5.57. The number of carboxylic acid groups (broad SMARTS) is 1. The third-order valence-electron chi connectivity index (χ3n) is 5.57. The number of carbonyl (C=O) groups excluding carboxylic acids is 1. The van der Waals surface area contributed by atoms with Crippen LogP contribution in [0.1, 0.15) is 23.2 Å². The number of likely N-dealkylation sites (N-methyl/N-ethyl adjacent to an activating group) is 1. The van der Waals surface area contributed by atoms with Gasteiger partial charge in [-0.15, -0.1) is 0 Å². The Kier molecular flexibility index (Phi) is 10.1. The van der Waals surface area contributed by atoms with E-state index < -0.39 is 12.1 Å². The highest BCUT2D eigenvalue weighted by atomic mass is 19.4. The van der Waals surface area contributed by atoms with Gasteiger partial charge < -0.3 is 19.3 Å². The van der Waals surface area contributed by atoms with E-state index in [9.17, 15) is 18.0 Å². The van der Waals surface area contributed by atoms with Crippen molar-refractivity contribution in [3.63, 3.8) is 0 Å². The van der Waals surface area contributed by atoms with E-state index in [4.69, 9.17) is 14.6 Å². The zero-order valence-corrected chi connectivity index (χ0v) is 19.7. The first-order valence-electron chi connectivity index (χ1n) is 11.0. The summed E-state index contributed by atoms with van der Waals surface area (Å²) >= 11 is 0. The number of hydrogen-bond acceptors (Lipinski definition) is 4. The fourth-order valence-electron chi connectivity index (χ4n) is 3.64. The number of halogens is 3. The minimum Gasteiger partial charge on any atom is -0.475 e. The quantitative estimate of drug-likeness (QED) is 0.610. The van der Waals surface area contributed by atoms with E-state index in [1.54, 1.807) is 19.0 Å². The van der Waals surface area contributed by atoms with Gasteiger partial charge in [-0.05, 0) is 42.5 Å². The molecule has 1 aromatic carbocycles. The van der Waals surface area contributed by atoms with Gasteiger partial charge in [0.2, 0.25) is 5.91 Å². The SMILES string of the molecule is Cc1ccccc1CN1Cc2cccn2CC(CCOCC(=O)N(C)C)C1.O=C(O)C(F)(F)F. The Morgan fingerprint density at radius 1 is 1.15 bits per heavy atom. The molecule has 2 heterocycles. The largest absolute Gasteiger partial charge is 0.490 e. The van der Waals surface area contributed by atoms with Crippen LogP contribution >= 0.6 is 0 Å². The Morgan fingerprint density at radius 3 is 2.44 bits per heavy atom. The minimum atomic E-state index is -5.08. The van der Waals surface area contributed by atoms with E-state index in [1.165, 1.54) is 16.8 Å². The predicted molar refractivity (Wildman–Crippen MR) is 121 cm³/mol. The molecular formula is C24H32F3N3O4. The van der Waals surface area contributed by atoms with Crippen molar-refractivity contribution < 1.29 is 32.6 Å². The molecule has 7 nitrogen and oxygen atoms in total. The van der Waals surface area contributed by atoms with Gasteiger partial charge in [0.25, 0.3) is 0 Å². The van der Waals surface area contributed by atoms with Crippen LogP contribution in [0, 0.1) is 12.8 Å². The highest BCUT2D eigenvalue weighted by Gasteiger charge is 2.38. The summed E-state index contributed by atoms with van der Waals surface area (Å²) in [6.07, 6.45) is -1.95. The standard InChI is InChI=1S/C22H31N3O2.C2HF3O2/c1-18-7-4-5-8-20(18)15-24-13-19(10-12-27-17-22(26)23(2)3)14-25-11-6-9-21(25)16-24;3-2(4,5)1(6)7/h4-9,11,19H,10,12-17H2,1-3H3;(H,6,7). The second-order valence-corrected chi connectivity index (χ2v) is 8.55. The second-order valence-electron chi connectivity index (χ2n) is 8.55. The molecule has 1 aromatic heterocycles. The molecule has 2 aromatic rings. The zero-order valence-electron chi connectivity index (χ0n) is 19.7. The molecule has 1 atom stereocenters. The maximum absolute atomic E-state index is 11.7. The average Bonchev–Trinajstić information content (AvgIpc) is 3.11. The predicted octanol–water partition coefficient (Wildman–Crippen LogP) is 3.56. The second kappa shape index (κ2) is 12.6. The van der Waals surface area contributed by atoms with E-state index in [0.29, 0.717) is 12.5 Å². The zero-order chi connectivity index (χ0) is 25.3. The summed E-state index contributed by atoms with van der Waals surface area (Å²) in [5, 5.41) is 7.12. The van der Waals surface area contributed by atoms with Crippen LogP contribution in [0.25, 0.3) is 0 Å². The molecule has 0 aliphatic carbocycles. The van der Waals surface area contributed by atoms with Crippen LogP contribution in [-0.2, 0) is 34.0 Å². The number of ether oxygens (including phenoxy) is 1. The number of benzene rings is 1. The van der Waals surface area contributed by atoms with Crippen molar-refractivity contribution in [1.29, 1.82) is 0 Å². The molecule has 0 spiro atoms. The number of amides is 1. The van der Waals surface area contributed by atoms with Crippen molar-refractivity contribution in [1.82, 2.24) is 14.4 Å². The Bertz CT molecular complexity index is 944. The van der Waals surface area contributed by atoms with Crippen LogP contribution in [0.5, 0.6) is 0 Å². The normalized spacial score (nSPS) is 16.1. The number of carbonyl (C=O) groups is 2. The number of rotatable bonds is 7. The Balaban J connectivity index is 0.000000509. The molecule has 3 rings (SSSR count). The number of aliphatic carboxylic acids is 1. The summed E-state index contributed by atoms with van der Waals surface area (Å²) in [5.74, 6) is -2.23. The van der Waals surface area contributed by atoms with E-state index in [0.717, 1.165) is 32.6 Å². The van der Waals surface area contributed by atoms with Gasteiger partial charge in [-0.2, -0.15) is 13.2 Å². The van der Waals surface area contributed by atoms with Crippen molar-refractivity contribution in [2.45, 2.75) is 39.2 Å². The molecule has 1 aliphatic heterocycles. The summed E-state index contributed by atoms with van der Waals surface area (Å²) < 4.78 is 39.7. The molecule has 0 bridgehead atoms. The van der Waals surface area contributed by atoms with Crippen molar-refractivity contribution in [3.05, 3.63) is 59.4 Å². The van der Waals surface area contributed by atoms with Crippen LogP contribution in [0.2, 0.25) is 0 Å². The summed E-state index contributed by atoms with van der Waals surface area (Å²) in [6, 6.07) is 13.0. The van der Waals surface area contributed by atoms with Gasteiger partial charge in [-0.3, -0.25) is 9.69 Å². The van der Waals surface area contributed by atoms with Gasteiger partial charge in [0.05, 0.1) is 0 Å². The number of nitrogens with zero attached hydrogens (tertiary/aromatic N) is 3. The number of alkyl halides is 3. The lowest BCUT2D eigenvalue weighted by atomic mass is 10.0. The molecule has 1 aliphatic rings. The molecule has 0 saturated heterocycles. The lowest BCUT2D eigenvalue weighted by Gasteiger charge is -2.25. The smallest absolute Gasteiger partial charge is 0.475 e. The number of hydrogen-bond donors (Lipinski definition) is 1. The monoisotopic (exact) mass is 483 g/mol. The van der Waals surface area contributed by atoms with Gasteiger partial charge in [-0.25, -0.2) is 4.79 Å². The van der Waals surface area contributed by atoms with Crippen LogP contribution in [-0.4, -0.2) is 71.4 Å². The van der Waals surface area contributed by atoms with Crippen molar-refractivity contribution in [2.75, 3.05) is 33.9 Å². The molecule has 1 N–H and O–H groups in total. The van der Waals surface area contributed by atoms with Crippen molar-refractivity contribution >= 4 is 11.9 Å². The fourth-order valence-corrected chi connectivity index (χ4v) is 3.64. The molecule has 188 valence electrons. The van der Waals surface area contributed by atoms with Crippen LogP contribution in [0.4, 0.5) is 13.2 Å². The maximum atomic E-state index is 11.7. The van der Waals surface area contributed by atoms with Gasteiger partial charge in [0.1, 0.15) is 6.61 Å². The molecule has 10 heteroatoms. The minimum absolute atomic E-state index is 0.0183. The third kappa shape index (κ3) is 8.83. The first kappa shape index (κ1) is 27.4. The van der Waals surface area contributed by atoms with Gasteiger partial charge in [0, 0.05) is 58.8 Å². The topological polar surface area (TPSA) is 75.0 Å². The number of aryl methyl sites for hydroxylation is 1. The Morgan fingerprint density at radius 2 is 1.82 bits per heavy atom. The molecule has 1 unspecified atom stereocenters. The van der Waals surface area contributed by atoms with E-state index in [-0.39, 0.29) is 12.5 Å². The number of fused-ring (bicyclic) bond motifs is 1. The Labute approximate surface area is 197 Å². The molecule has 0 radical (unpaired) electrons. The highest BCUT2D eigenvalue weighted by molar-refractivity contribution is 5.76. The van der Waals surface area contributed by atoms with Crippen LogP contribution < -0.4 is 0 Å². The van der Waals surface area contributed by atoms with Crippen LogP contribution in [0.3, 0.4) is 0 Å². The van der Waals surface area contributed by atoms with Crippen LogP contribution in [0.15, 0.2) is 42.6 Å². The summed E-state index contributed by atoms with van der Waals surface area (Å²) in [7, 11) is 3.52. The summed E-state index contributed by atoms with van der Waals surface area (Å²) in [6.45, 7) is 6.97. The first-order valence-corrected chi connectivity index (χ1v) is 11.0. The molecule has 0 fully saturated rings. The number of aromatic nitrogens is 1. The van der Waals surface area contributed by atoms with Crippen molar-refractivity contribution in [2.24, 2.45) is 5.92 Å². The van der Waals surface area contributed by atoms with E-state index in [1.807, 2.05) is 0 Å². The average molecular weight is 484 g/mol. The molecule has 34 heavy (non-hydrogen) atoms. The summed E-state index contributed by atoms with van der Waals surface area (Å²) in [5.41, 5.74) is 4.11. The first-order chi connectivity index (χ1) is 16.0. The number of carboxylic acids is 1. The van der Waals surface area contributed by atoms with Crippen molar-refractivity contribution in [3.8, 4) is 0 Å². The Hall–Kier alpha value is -2.85. The van der Waals surface area contributed by atoms with Gasteiger partial charge >= 0.3 is 12.1 Å². The molecule has 0 saturated carbocycles. The molecular weight excluding hydrogens is 451 g/mol. The van der Waals surface area contributed by atoms with Gasteiger partial charge in [0.15, 0.2) is 0 Å². The molecule has 1 amide bonds. The fraction of sp³-hybridized carbons (Fsp3) is 0.500. The van der Waals surface area contributed by atoms with E-state index >= 15 is 0 Å². The van der Waals surface area contributed by atoms with E-state index in [2.05, 4.69) is 59.0 Å². The summed E-state index contributed by atoms with van der Waals surface area (Å²) in [4.78, 5) is 24.7. The maximum Gasteiger partial charge on any atom is 0.490 e. The van der Waals surface area contributed by atoms with Gasteiger partial charge in [-0.1, -0.05) is 24.3 Å². The lowest BCUT2D eigenvalue weighted by molar-refractivity contribution is -0.192. The highest BCUT2D eigenvalue weighted by Crippen LogP contribution is 2.22. The lowest BCUT2D eigenvalue weighted by Crippen LogP contribution is -2.29.